The number of carboxylic acids is 1. The number of carbonyl (C=O) groups is 1. The molecule has 1 N–H and O–H groups in total. The van der Waals surface area contributed by atoms with Crippen molar-refractivity contribution in [1.82, 2.24) is 15.0 Å². The standard InChI is InChI=1S/C10H15N3O2/c1-2-8(10(14)15)9-6-13(12-11-9)5-7-3-4-7/h6-8H,2-5H2,1H3,(H,14,15). The molecule has 0 aromatic carbocycles. The molecule has 1 aromatic rings. The molecular formula is C10H15N3O2. The van der Waals surface area contributed by atoms with Crippen molar-refractivity contribution in [2.45, 2.75) is 38.6 Å². The Kier molecular flexibility index (Phi) is 2.70. The molecular weight excluding hydrogens is 194 g/mol. The van der Waals surface area contributed by atoms with Crippen LogP contribution < -0.4 is 0 Å². The number of carboxylic acid groups (broad SMARTS) is 1. The van der Waals surface area contributed by atoms with Gasteiger partial charge in [0.05, 0.1) is 5.69 Å². The Morgan fingerprint density at radius 3 is 3.00 bits per heavy atom. The van der Waals surface area contributed by atoms with Gasteiger partial charge in [-0.3, -0.25) is 9.48 Å². The first-order chi connectivity index (χ1) is 7.20. The van der Waals surface area contributed by atoms with Crippen LogP contribution in [0.15, 0.2) is 6.20 Å². The van der Waals surface area contributed by atoms with Crippen molar-refractivity contribution in [2.24, 2.45) is 5.92 Å². The van der Waals surface area contributed by atoms with Gasteiger partial charge >= 0.3 is 5.97 Å². The van der Waals surface area contributed by atoms with Crippen molar-refractivity contribution >= 4 is 5.97 Å². The predicted octanol–water partition coefficient (Wildman–Crippen LogP) is 1.27. The van der Waals surface area contributed by atoms with Crippen LogP contribution in [0.2, 0.25) is 0 Å². The lowest BCUT2D eigenvalue weighted by molar-refractivity contribution is -0.138. The molecule has 0 bridgehead atoms. The Balaban J connectivity index is 2.06. The predicted molar refractivity (Wildman–Crippen MR) is 53.4 cm³/mol. The summed E-state index contributed by atoms with van der Waals surface area (Å²) in [4.78, 5) is 10.9. The zero-order valence-electron chi connectivity index (χ0n) is 8.76. The van der Waals surface area contributed by atoms with Crippen LogP contribution in [0.5, 0.6) is 0 Å². The quantitative estimate of drug-likeness (QED) is 0.792. The summed E-state index contributed by atoms with van der Waals surface area (Å²) >= 11 is 0. The lowest BCUT2D eigenvalue weighted by atomic mass is 10.0. The summed E-state index contributed by atoms with van der Waals surface area (Å²) in [5, 5.41) is 16.8. The van der Waals surface area contributed by atoms with Crippen molar-refractivity contribution < 1.29 is 9.90 Å². The molecule has 15 heavy (non-hydrogen) atoms. The van der Waals surface area contributed by atoms with Gasteiger partial charge in [0.15, 0.2) is 0 Å². The average molecular weight is 209 g/mol. The maximum absolute atomic E-state index is 10.9. The normalized spacial score (nSPS) is 17.7. The van der Waals surface area contributed by atoms with E-state index >= 15 is 0 Å². The van der Waals surface area contributed by atoms with E-state index in [0.717, 1.165) is 12.5 Å². The SMILES string of the molecule is CCC(C(=O)O)c1cn(CC2CC2)nn1. The first kappa shape index (κ1) is 10.1. The first-order valence-electron chi connectivity index (χ1n) is 5.33. The molecule has 0 radical (unpaired) electrons. The van der Waals surface area contributed by atoms with Crippen molar-refractivity contribution in [1.29, 1.82) is 0 Å². The van der Waals surface area contributed by atoms with Gasteiger partial charge in [-0.25, -0.2) is 0 Å². The Morgan fingerprint density at radius 2 is 2.47 bits per heavy atom. The third-order valence-corrected chi connectivity index (χ3v) is 2.76. The minimum absolute atomic E-state index is 0.516. The van der Waals surface area contributed by atoms with Crippen LogP contribution in [-0.4, -0.2) is 26.1 Å². The molecule has 2 rings (SSSR count). The molecule has 0 aliphatic heterocycles. The van der Waals surface area contributed by atoms with Crippen molar-refractivity contribution in [3.8, 4) is 0 Å². The number of hydrogen-bond donors (Lipinski definition) is 1. The fourth-order valence-electron chi connectivity index (χ4n) is 1.64. The molecule has 1 heterocycles. The lowest BCUT2D eigenvalue weighted by Crippen LogP contribution is -2.10. The summed E-state index contributed by atoms with van der Waals surface area (Å²) in [5.74, 6) is -0.613. The maximum Gasteiger partial charge on any atom is 0.312 e. The zero-order valence-corrected chi connectivity index (χ0v) is 8.76. The highest BCUT2D eigenvalue weighted by atomic mass is 16.4. The smallest absolute Gasteiger partial charge is 0.312 e. The van der Waals surface area contributed by atoms with Crippen LogP contribution in [0.4, 0.5) is 0 Å². The molecule has 0 saturated heterocycles. The molecule has 1 aliphatic rings. The average Bonchev–Trinajstić information content (AvgIpc) is 2.86. The van der Waals surface area contributed by atoms with E-state index in [-0.39, 0.29) is 0 Å². The summed E-state index contributed by atoms with van der Waals surface area (Å²) in [6.45, 7) is 2.72. The van der Waals surface area contributed by atoms with Crippen LogP contribution in [0.1, 0.15) is 37.8 Å². The first-order valence-corrected chi connectivity index (χ1v) is 5.33. The van der Waals surface area contributed by atoms with E-state index in [1.807, 2.05) is 6.92 Å². The van der Waals surface area contributed by atoms with Crippen LogP contribution in [-0.2, 0) is 11.3 Å². The summed E-state index contributed by atoms with van der Waals surface area (Å²) < 4.78 is 1.76. The Labute approximate surface area is 88.1 Å². The fraction of sp³-hybridized carbons (Fsp3) is 0.700. The van der Waals surface area contributed by atoms with Crippen LogP contribution in [0.3, 0.4) is 0 Å². The Morgan fingerprint density at radius 1 is 1.73 bits per heavy atom. The molecule has 1 saturated carbocycles. The molecule has 1 fully saturated rings. The van der Waals surface area contributed by atoms with E-state index in [1.54, 1.807) is 10.9 Å². The number of nitrogens with zero attached hydrogens (tertiary/aromatic N) is 3. The number of aromatic nitrogens is 3. The summed E-state index contributed by atoms with van der Waals surface area (Å²) in [5.41, 5.74) is 0.575. The highest BCUT2D eigenvalue weighted by molar-refractivity contribution is 5.75. The van der Waals surface area contributed by atoms with E-state index in [2.05, 4.69) is 10.3 Å². The second-order valence-corrected chi connectivity index (χ2v) is 4.11. The Bertz CT molecular complexity index is 357. The molecule has 1 aromatic heterocycles. The summed E-state index contributed by atoms with van der Waals surface area (Å²) in [7, 11) is 0. The summed E-state index contributed by atoms with van der Waals surface area (Å²) in [6, 6.07) is 0. The molecule has 1 unspecified atom stereocenters. The topological polar surface area (TPSA) is 68.0 Å². The minimum Gasteiger partial charge on any atom is -0.481 e. The monoisotopic (exact) mass is 209 g/mol. The molecule has 82 valence electrons. The number of rotatable bonds is 5. The van der Waals surface area contributed by atoms with Crippen molar-refractivity contribution in [3.63, 3.8) is 0 Å². The molecule has 1 aliphatic carbocycles. The van der Waals surface area contributed by atoms with Crippen molar-refractivity contribution in [2.75, 3.05) is 0 Å². The van der Waals surface area contributed by atoms with Gasteiger partial charge in [-0.2, -0.15) is 0 Å². The van der Waals surface area contributed by atoms with E-state index in [0.29, 0.717) is 12.1 Å². The Hall–Kier alpha value is -1.39. The lowest BCUT2D eigenvalue weighted by Gasteiger charge is -2.03. The van der Waals surface area contributed by atoms with Gasteiger partial charge in [0, 0.05) is 12.7 Å². The number of hydrogen-bond acceptors (Lipinski definition) is 3. The molecule has 0 spiro atoms. The van der Waals surface area contributed by atoms with Crippen LogP contribution >= 0.6 is 0 Å². The van der Waals surface area contributed by atoms with E-state index in [9.17, 15) is 4.79 Å². The fourth-order valence-corrected chi connectivity index (χ4v) is 1.64. The largest absolute Gasteiger partial charge is 0.481 e. The molecule has 5 nitrogen and oxygen atoms in total. The molecule has 1 atom stereocenters. The van der Waals surface area contributed by atoms with Gasteiger partial charge in [0.2, 0.25) is 0 Å². The van der Waals surface area contributed by atoms with Gasteiger partial charge in [0.1, 0.15) is 5.92 Å². The highest BCUT2D eigenvalue weighted by Crippen LogP contribution is 2.30. The van der Waals surface area contributed by atoms with Crippen molar-refractivity contribution in [3.05, 3.63) is 11.9 Å². The van der Waals surface area contributed by atoms with Gasteiger partial charge in [-0.05, 0) is 25.2 Å². The van der Waals surface area contributed by atoms with Crippen LogP contribution in [0, 0.1) is 5.92 Å². The highest BCUT2D eigenvalue weighted by Gasteiger charge is 2.24. The van der Waals surface area contributed by atoms with Gasteiger partial charge in [0.25, 0.3) is 0 Å². The van der Waals surface area contributed by atoms with Gasteiger partial charge < -0.3 is 5.11 Å². The number of aliphatic carboxylic acids is 1. The third kappa shape index (κ3) is 2.34. The third-order valence-electron chi connectivity index (χ3n) is 2.76. The van der Waals surface area contributed by atoms with Crippen LogP contribution in [0.25, 0.3) is 0 Å². The van der Waals surface area contributed by atoms with E-state index in [4.69, 9.17) is 5.11 Å². The summed E-state index contributed by atoms with van der Waals surface area (Å²) in [6.07, 6.45) is 4.83. The molecule has 5 heteroatoms. The van der Waals surface area contributed by atoms with E-state index in [1.165, 1.54) is 12.8 Å². The second-order valence-electron chi connectivity index (χ2n) is 4.11. The zero-order chi connectivity index (χ0) is 10.8. The maximum atomic E-state index is 10.9. The van der Waals surface area contributed by atoms with E-state index < -0.39 is 11.9 Å². The van der Waals surface area contributed by atoms with Gasteiger partial charge in [-0.1, -0.05) is 12.1 Å². The minimum atomic E-state index is -0.823. The second kappa shape index (κ2) is 4.00. The molecule has 0 amide bonds. The van der Waals surface area contributed by atoms with Gasteiger partial charge in [-0.15, -0.1) is 5.10 Å².